The number of hydrogen-bond donors (Lipinski definition) is 1. The minimum atomic E-state index is -0.149. The van der Waals surface area contributed by atoms with Gasteiger partial charge < -0.3 is 10.5 Å². The van der Waals surface area contributed by atoms with E-state index in [0.717, 1.165) is 17.0 Å². The first-order chi connectivity index (χ1) is 7.48. The van der Waals surface area contributed by atoms with Crippen LogP contribution in [0.5, 0.6) is 0 Å². The van der Waals surface area contributed by atoms with Gasteiger partial charge in [-0.05, 0) is 38.0 Å². The Balaban J connectivity index is 2.78. The lowest BCUT2D eigenvalue weighted by atomic mass is 10.0. The summed E-state index contributed by atoms with van der Waals surface area (Å²) in [4.78, 5) is 0. The second-order valence-electron chi connectivity index (χ2n) is 4.51. The molecule has 0 spiro atoms. The highest BCUT2D eigenvalue weighted by molar-refractivity contribution is 6.30. The highest BCUT2D eigenvalue weighted by Crippen LogP contribution is 2.26. The molecule has 16 heavy (non-hydrogen) atoms. The summed E-state index contributed by atoms with van der Waals surface area (Å²) in [7, 11) is 0. The molecule has 0 aliphatic carbocycles. The molecule has 1 rings (SSSR count). The Labute approximate surface area is 103 Å². The molecule has 0 aliphatic heterocycles. The smallest absolute Gasteiger partial charge is 0.0954 e. The zero-order chi connectivity index (χ0) is 12.2. The fraction of sp³-hybridized carbons (Fsp3) is 0.538. The maximum atomic E-state index is 5.99. The molecule has 1 aromatic carbocycles. The third-order valence-electron chi connectivity index (χ3n) is 2.77. The summed E-state index contributed by atoms with van der Waals surface area (Å²) in [6.45, 7) is 6.73. The summed E-state index contributed by atoms with van der Waals surface area (Å²) in [5.41, 5.74) is 6.67. The molecule has 0 aliphatic rings. The van der Waals surface area contributed by atoms with Crippen molar-refractivity contribution in [1.29, 1.82) is 0 Å². The molecule has 1 atom stereocenters. The number of ether oxygens (including phenoxy) is 1. The summed E-state index contributed by atoms with van der Waals surface area (Å²) in [5.74, 6) is 0. The monoisotopic (exact) mass is 241 g/mol. The van der Waals surface area contributed by atoms with Gasteiger partial charge in [-0.2, -0.15) is 0 Å². The molecule has 0 aromatic heterocycles. The highest BCUT2D eigenvalue weighted by Gasteiger charge is 2.21. The van der Waals surface area contributed by atoms with Crippen LogP contribution in [0.1, 0.15) is 38.9 Å². The van der Waals surface area contributed by atoms with E-state index >= 15 is 0 Å². The van der Waals surface area contributed by atoms with Gasteiger partial charge >= 0.3 is 0 Å². The molecule has 2 nitrogen and oxygen atoms in total. The number of benzene rings is 1. The molecular weight excluding hydrogens is 222 g/mol. The van der Waals surface area contributed by atoms with Crippen LogP contribution < -0.4 is 5.73 Å². The zero-order valence-electron chi connectivity index (χ0n) is 10.2. The van der Waals surface area contributed by atoms with Crippen LogP contribution in [-0.4, -0.2) is 12.1 Å². The first-order valence-electron chi connectivity index (χ1n) is 5.62. The zero-order valence-corrected chi connectivity index (χ0v) is 10.9. The molecule has 0 saturated heterocycles. The molecule has 1 unspecified atom stereocenters. The minimum absolute atomic E-state index is 0.0628. The van der Waals surface area contributed by atoms with Gasteiger partial charge in [0.05, 0.1) is 11.7 Å². The van der Waals surface area contributed by atoms with Crippen LogP contribution >= 0.6 is 11.6 Å². The van der Waals surface area contributed by atoms with Crippen molar-refractivity contribution in [3.8, 4) is 0 Å². The van der Waals surface area contributed by atoms with Gasteiger partial charge in [0.25, 0.3) is 0 Å². The lowest BCUT2D eigenvalue weighted by Gasteiger charge is -2.29. The van der Waals surface area contributed by atoms with Crippen molar-refractivity contribution in [1.82, 2.24) is 0 Å². The Kier molecular flexibility index (Phi) is 4.78. The third-order valence-corrected chi connectivity index (χ3v) is 3.02. The molecule has 3 heteroatoms. The summed E-state index contributed by atoms with van der Waals surface area (Å²) >= 11 is 5.85. The summed E-state index contributed by atoms with van der Waals surface area (Å²) in [6, 6.07) is 7.65. The van der Waals surface area contributed by atoms with Gasteiger partial charge in [0, 0.05) is 11.6 Å². The Hall–Kier alpha value is -0.570. The third kappa shape index (κ3) is 3.78. The van der Waals surface area contributed by atoms with E-state index in [0.29, 0.717) is 6.54 Å². The van der Waals surface area contributed by atoms with Gasteiger partial charge in [0.15, 0.2) is 0 Å². The van der Waals surface area contributed by atoms with Crippen LogP contribution in [0, 0.1) is 0 Å². The van der Waals surface area contributed by atoms with Crippen molar-refractivity contribution < 1.29 is 4.74 Å². The van der Waals surface area contributed by atoms with Crippen molar-refractivity contribution >= 4 is 11.6 Å². The lowest BCUT2D eigenvalue weighted by Crippen LogP contribution is -2.29. The first kappa shape index (κ1) is 13.5. The van der Waals surface area contributed by atoms with E-state index in [1.807, 2.05) is 24.3 Å². The van der Waals surface area contributed by atoms with Crippen molar-refractivity contribution in [2.24, 2.45) is 5.73 Å². The maximum absolute atomic E-state index is 5.99. The largest absolute Gasteiger partial charge is 0.366 e. The number of halogens is 1. The van der Waals surface area contributed by atoms with Gasteiger partial charge in [0.2, 0.25) is 0 Å². The van der Waals surface area contributed by atoms with E-state index in [1.54, 1.807) is 0 Å². The average molecular weight is 242 g/mol. The normalized spacial score (nSPS) is 13.8. The van der Waals surface area contributed by atoms with E-state index in [4.69, 9.17) is 22.1 Å². The highest BCUT2D eigenvalue weighted by atomic mass is 35.5. The molecule has 0 radical (unpaired) electrons. The Bertz CT molecular complexity index is 321. The quantitative estimate of drug-likeness (QED) is 0.856. The van der Waals surface area contributed by atoms with E-state index < -0.39 is 0 Å². The van der Waals surface area contributed by atoms with Crippen molar-refractivity contribution in [3.05, 3.63) is 34.9 Å². The molecule has 0 bridgehead atoms. The fourth-order valence-corrected chi connectivity index (χ4v) is 1.52. The molecule has 2 N–H and O–H groups in total. The predicted molar refractivity (Wildman–Crippen MR) is 68.7 cm³/mol. The number of hydrogen-bond acceptors (Lipinski definition) is 2. The molecular formula is C13H20ClNO. The molecule has 1 aromatic rings. The Morgan fingerprint density at radius 2 is 1.88 bits per heavy atom. The predicted octanol–water partition coefficient (Wildman–Crippen LogP) is 3.55. The second kappa shape index (κ2) is 5.67. The van der Waals surface area contributed by atoms with Crippen LogP contribution in [0.25, 0.3) is 0 Å². The van der Waals surface area contributed by atoms with Gasteiger partial charge in [-0.25, -0.2) is 0 Å². The molecule has 0 heterocycles. The van der Waals surface area contributed by atoms with E-state index in [1.165, 1.54) is 0 Å². The molecule has 0 fully saturated rings. The summed E-state index contributed by atoms with van der Waals surface area (Å²) < 4.78 is 5.99. The molecule has 90 valence electrons. The van der Waals surface area contributed by atoms with Crippen LogP contribution in [-0.2, 0) is 4.74 Å². The second-order valence-corrected chi connectivity index (χ2v) is 4.94. The van der Waals surface area contributed by atoms with Crippen molar-refractivity contribution in [2.75, 3.05) is 6.54 Å². The van der Waals surface area contributed by atoms with Crippen LogP contribution in [0.4, 0.5) is 0 Å². The number of rotatable bonds is 5. The Morgan fingerprint density at radius 1 is 1.31 bits per heavy atom. The summed E-state index contributed by atoms with van der Waals surface area (Å²) in [5, 5.41) is 0.731. The van der Waals surface area contributed by atoms with E-state index in [2.05, 4.69) is 20.8 Å². The minimum Gasteiger partial charge on any atom is -0.366 e. The van der Waals surface area contributed by atoms with Crippen LogP contribution in [0.3, 0.4) is 0 Å². The Morgan fingerprint density at radius 3 is 2.31 bits per heavy atom. The summed E-state index contributed by atoms with van der Waals surface area (Å²) in [6.07, 6.45) is 0.893. The van der Waals surface area contributed by atoms with Crippen LogP contribution in [0.15, 0.2) is 24.3 Å². The number of nitrogens with two attached hydrogens (primary N) is 1. The van der Waals surface area contributed by atoms with Gasteiger partial charge in [-0.3, -0.25) is 0 Å². The van der Waals surface area contributed by atoms with Crippen molar-refractivity contribution in [2.45, 2.75) is 38.9 Å². The van der Waals surface area contributed by atoms with E-state index in [-0.39, 0.29) is 11.7 Å². The SMILES string of the molecule is CCC(C)(C)OC(CN)c1ccc(Cl)cc1. The first-order valence-corrected chi connectivity index (χ1v) is 5.99. The van der Waals surface area contributed by atoms with Crippen LogP contribution in [0.2, 0.25) is 5.02 Å². The van der Waals surface area contributed by atoms with Gasteiger partial charge in [0.1, 0.15) is 0 Å². The van der Waals surface area contributed by atoms with Gasteiger partial charge in [-0.1, -0.05) is 30.7 Å². The molecule has 0 amide bonds. The lowest BCUT2D eigenvalue weighted by molar-refractivity contribution is -0.0713. The van der Waals surface area contributed by atoms with E-state index in [9.17, 15) is 0 Å². The molecule has 0 saturated carbocycles. The van der Waals surface area contributed by atoms with Gasteiger partial charge in [-0.15, -0.1) is 0 Å². The average Bonchev–Trinajstić information content (AvgIpc) is 2.27. The fourth-order valence-electron chi connectivity index (χ4n) is 1.40. The standard InChI is InChI=1S/C13H20ClNO/c1-4-13(2,3)16-12(9-15)10-5-7-11(14)8-6-10/h5-8,12H,4,9,15H2,1-3H3. The van der Waals surface area contributed by atoms with Crippen molar-refractivity contribution in [3.63, 3.8) is 0 Å². The topological polar surface area (TPSA) is 35.2 Å². The maximum Gasteiger partial charge on any atom is 0.0954 e.